The fraction of sp³-hybridized carbons (Fsp3) is 0.316. The molecular weight excluding hydrogens is 330 g/mol. The Morgan fingerprint density at radius 3 is 2.85 bits per heavy atom. The summed E-state index contributed by atoms with van der Waals surface area (Å²) in [5, 5.41) is 24.4. The summed E-state index contributed by atoms with van der Waals surface area (Å²) in [4.78, 5) is 4.31. The normalized spacial score (nSPS) is 22.4. The molecule has 0 saturated heterocycles. The van der Waals surface area contributed by atoms with Gasteiger partial charge in [-0.15, -0.1) is 0 Å². The van der Waals surface area contributed by atoms with Gasteiger partial charge in [0.25, 0.3) is 0 Å². The molecule has 0 amide bonds. The zero-order chi connectivity index (χ0) is 18.1. The molecule has 1 fully saturated rings. The van der Waals surface area contributed by atoms with Gasteiger partial charge >= 0.3 is 0 Å². The number of hydrogen-bond acceptors (Lipinski definition) is 6. The molecule has 26 heavy (non-hydrogen) atoms. The van der Waals surface area contributed by atoms with Gasteiger partial charge in [-0.1, -0.05) is 30.3 Å². The predicted molar refractivity (Wildman–Crippen MR) is 96.1 cm³/mol. The first-order chi connectivity index (χ1) is 12.7. The van der Waals surface area contributed by atoms with Crippen molar-refractivity contribution in [3.05, 3.63) is 48.2 Å². The molecule has 1 aromatic carbocycles. The van der Waals surface area contributed by atoms with Crippen LogP contribution in [0.25, 0.3) is 10.9 Å². The van der Waals surface area contributed by atoms with Crippen LogP contribution in [0.4, 0.5) is 5.82 Å². The largest absolute Gasteiger partial charge is 0.472 e. The van der Waals surface area contributed by atoms with E-state index in [9.17, 15) is 10.4 Å². The van der Waals surface area contributed by atoms with E-state index in [0.717, 1.165) is 11.1 Å². The second kappa shape index (κ2) is 6.65. The number of nitriles is 1. The molecule has 3 unspecified atom stereocenters. The number of aliphatic hydroxyl groups excluding tert-OH is 1. The van der Waals surface area contributed by atoms with E-state index in [2.05, 4.69) is 16.2 Å². The van der Waals surface area contributed by atoms with E-state index in [-0.39, 0.29) is 12.0 Å². The van der Waals surface area contributed by atoms with Crippen molar-refractivity contribution < 1.29 is 9.84 Å². The zero-order valence-electron chi connectivity index (χ0n) is 14.1. The maximum Gasteiger partial charge on any atom is 0.227 e. The summed E-state index contributed by atoms with van der Waals surface area (Å²) >= 11 is 0. The number of benzene rings is 1. The van der Waals surface area contributed by atoms with Crippen LogP contribution in [0.2, 0.25) is 0 Å². The molecule has 7 heteroatoms. The van der Waals surface area contributed by atoms with Crippen LogP contribution in [0.3, 0.4) is 0 Å². The van der Waals surface area contributed by atoms with Gasteiger partial charge in [0, 0.05) is 6.20 Å². The Balaban J connectivity index is 1.69. The lowest BCUT2D eigenvalue weighted by atomic mass is 10.1. The molecular formula is C19H19N5O2. The summed E-state index contributed by atoms with van der Waals surface area (Å²) in [5.74, 6) is 0.436. The molecule has 0 spiro atoms. The Kier molecular flexibility index (Phi) is 4.19. The summed E-state index contributed by atoms with van der Waals surface area (Å²) in [6.07, 6.45) is 2.08. The van der Waals surface area contributed by atoms with E-state index in [1.807, 2.05) is 36.4 Å². The second-order valence-electron chi connectivity index (χ2n) is 6.54. The third kappa shape index (κ3) is 2.85. The fourth-order valence-electron chi connectivity index (χ4n) is 3.57. The highest BCUT2D eigenvalue weighted by atomic mass is 16.5. The van der Waals surface area contributed by atoms with Crippen LogP contribution in [0.5, 0.6) is 5.88 Å². The Bertz CT molecular complexity index is 963. The number of rotatable bonds is 4. The molecule has 0 aliphatic heterocycles. The second-order valence-corrected chi connectivity index (χ2v) is 6.54. The maximum atomic E-state index is 9.95. The van der Waals surface area contributed by atoms with E-state index >= 15 is 0 Å². The average Bonchev–Trinajstić information content (AvgIpc) is 3.21. The quantitative estimate of drug-likeness (QED) is 0.748. The lowest BCUT2D eigenvalue weighted by molar-refractivity contribution is 0.176. The van der Waals surface area contributed by atoms with Crippen molar-refractivity contribution in [3.8, 4) is 11.9 Å². The number of aromatic nitrogens is 3. The van der Waals surface area contributed by atoms with Gasteiger partial charge < -0.3 is 15.6 Å². The Labute approximate surface area is 150 Å². The van der Waals surface area contributed by atoms with E-state index < -0.39 is 6.10 Å². The highest BCUT2D eigenvalue weighted by molar-refractivity contribution is 5.93. The van der Waals surface area contributed by atoms with Crippen molar-refractivity contribution in [1.82, 2.24) is 14.8 Å². The number of nitrogen functional groups attached to an aromatic ring is 1. The van der Waals surface area contributed by atoms with Crippen LogP contribution in [0, 0.1) is 17.2 Å². The Hall–Kier alpha value is -3.11. The third-order valence-electron chi connectivity index (χ3n) is 4.82. The van der Waals surface area contributed by atoms with Gasteiger partial charge in [0.2, 0.25) is 5.88 Å². The minimum Gasteiger partial charge on any atom is -0.472 e. The van der Waals surface area contributed by atoms with Crippen LogP contribution in [-0.2, 0) is 6.61 Å². The number of aliphatic hydroxyl groups is 1. The first-order valence-electron chi connectivity index (χ1n) is 8.54. The lowest BCUT2D eigenvalue weighted by Crippen LogP contribution is -2.14. The topological polar surface area (TPSA) is 110 Å². The van der Waals surface area contributed by atoms with Crippen LogP contribution < -0.4 is 10.5 Å². The molecule has 3 atom stereocenters. The predicted octanol–water partition coefficient (Wildman–Crippen LogP) is 2.43. The molecule has 1 saturated carbocycles. The molecule has 7 nitrogen and oxygen atoms in total. The van der Waals surface area contributed by atoms with Crippen molar-refractivity contribution in [2.24, 2.45) is 5.92 Å². The molecule has 0 bridgehead atoms. The van der Waals surface area contributed by atoms with Crippen LogP contribution in [-0.4, -0.2) is 26.0 Å². The standard InChI is InChI=1S/C19H19N5O2/c20-10-13-8-14(25)9-16(13)24-15-6-7-22-19(17(15)18(21)23-24)26-11-12-4-2-1-3-5-12/h1-7,13-14,16,25H,8-9,11H2,(H2,21,23). The molecule has 3 aromatic rings. The monoisotopic (exact) mass is 349 g/mol. The van der Waals surface area contributed by atoms with Gasteiger partial charge in [0.15, 0.2) is 5.82 Å². The number of pyridine rings is 1. The summed E-state index contributed by atoms with van der Waals surface area (Å²) in [6.45, 7) is 0.376. The van der Waals surface area contributed by atoms with Crippen LogP contribution in [0.15, 0.2) is 42.6 Å². The van der Waals surface area contributed by atoms with Gasteiger partial charge in [-0.2, -0.15) is 10.4 Å². The first-order valence-corrected chi connectivity index (χ1v) is 8.54. The molecule has 4 rings (SSSR count). The maximum absolute atomic E-state index is 9.95. The summed E-state index contributed by atoms with van der Waals surface area (Å²) in [5.41, 5.74) is 7.93. The third-order valence-corrected chi connectivity index (χ3v) is 4.82. The Morgan fingerprint density at radius 1 is 1.27 bits per heavy atom. The minimum atomic E-state index is -0.499. The number of nitrogens with two attached hydrogens (primary N) is 1. The van der Waals surface area contributed by atoms with Crippen molar-refractivity contribution in [2.75, 3.05) is 5.73 Å². The number of anilines is 1. The molecule has 132 valence electrons. The van der Waals surface area contributed by atoms with Gasteiger partial charge in [-0.05, 0) is 24.5 Å². The van der Waals surface area contributed by atoms with Crippen molar-refractivity contribution in [3.63, 3.8) is 0 Å². The van der Waals surface area contributed by atoms with Gasteiger partial charge in [0.05, 0.1) is 29.6 Å². The van der Waals surface area contributed by atoms with Crippen LogP contribution in [0.1, 0.15) is 24.4 Å². The minimum absolute atomic E-state index is 0.209. The molecule has 3 N–H and O–H groups in total. The highest BCUT2D eigenvalue weighted by Gasteiger charge is 2.36. The van der Waals surface area contributed by atoms with E-state index in [1.54, 1.807) is 10.9 Å². The molecule has 2 aromatic heterocycles. The molecule has 1 aliphatic rings. The van der Waals surface area contributed by atoms with Crippen molar-refractivity contribution in [1.29, 1.82) is 5.26 Å². The van der Waals surface area contributed by atoms with Gasteiger partial charge in [-0.25, -0.2) is 4.98 Å². The summed E-state index contributed by atoms with van der Waals surface area (Å²) in [7, 11) is 0. The van der Waals surface area contributed by atoms with Crippen molar-refractivity contribution >= 4 is 16.7 Å². The van der Waals surface area contributed by atoms with E-state index in [4.69, 9.17) is 10.5 Å². The van der Waals surface area contributed by atoms with E-state index in [0.29, 0.717) is 36.5 Å². The Morgan fingerprint density at radius 2 is 2.08 bits per heavy atom. The van der Waals surface area contributed by atoms with Gasteiger partial charge in [-0.3, -0.25) is 4.68 Å². The first kappa shape index (κ1) is 16.4. The molecule has 1 aliphatic carbocycles. The summed E-state index contributed by atoms with van der Waals surface area (Å²) < 4.78 is 7.62. The number of fused-ring (bicyclic) bond motifs is 1. The zero-order valence-corrected chi connectivity index (χ0v) is 14.1. The fourth-order valence-corrected chi connectivity index (χ4v) is 3.57. The van der Waals surface area contributed by atoms with Crippen molar-refractivity contribution in [2.45, 2.75) is 31.6 Å². The van der Waals surface area contributed by atoms with Crippen LogP contribution >= 0.6 is 0 Å². The molecule has 2 heterocycles. The number of ether oxygens (including phenoxy) is 1. The highest BCUT2D eigenvalue weighted by Crippen LogP contribution is 2.39. The smallest absolute Gasteiger partial charge is 0.227 e. The SMILES string of the molecule is N#CC1CC(O)CC1n1nc(N)c2c(OCc3ccccc3)nccc21. The molecule has 0 radical (unpaired) electrons. The number of hydrogen-bond donors (Lipinski definition) is 2. The van der Waals surface area contributed by atoms with E-state index in [1.165, 1.54) is 0 Å². The number of nitrogens with zero attached hydrogens (tertiary/aromatic N) is 4. The van der Waals surface area contributed by atoms with Gasteiger partial charge in [0.1, 0.15) is 12.0 Å². The average molecular weight is 349 g/mol. The lowest BCUT2D eigenvalue weighted by Gasteiger charge is -2.15. The summed E-state index contributed by atoms with van der Waals surface area (Å²) in [6, 6.07) is 13.7.